The predicted octanol–water partition coefficient (Wildman–Crippen LogP) is 3.20. The van der Waals surface area contributed by atoms with Crippen molar-refractivity contribution in [1.29, 1.82) is 0 Å². The number of hydrogen-bond acceptors (Lipinski definition) is 5. The molecule has 0 aliphatic heterocycles. The zero-order valence-corrected chi connectivity index (χ0v) is 14.4. The van der Waals surface area contributed by atoms with Crippen LogP contribution in [0.25, 0.3) is 0 Å². The number of amides is 1. The van der Waals surface area contributed by atoms with Crippen LogP contribution in [-0.4, -0.2) is 35.1 Å². The van der Waals surface area contributed by atoms with Gasteiger partial charge in [0.05, 0.1) is 6.61 Å². The molecule has 0 atom stereocenters. The molecule has 1 amide bonds. The molecule has 0 fully saturated rings. The molecule has 0 aliphatic rings. The first-order valence-corrected chi connectivity index (χ1v) is 8.73. The molecule has 0 radical (unpaired) electrons. The fourth-order valence-corrected chi connectivity index (χ4v) is 2.28. The second-order valence-electron chi connectivity index (χ2n) is 5.75. The molecule has 0 saturated heterocycles. The summed E-state index contributed by atoms with van der Waals surface area (Å²) >= 11 is 0. The molecule has 0 aliphatic carbocycles. The van der Waals surface area contributed by atoms with Gasteiger partial charge in [0.25, 0.3) is 5.91 Å². The molecule has 1 aromatic heterocycles. The lowest BCUT2D eigenvalue weighted by molar-refractivity contribution is -0.142. The zero-order chi connectivity index (χ0) is 17.6. The van der Waals surface area contributed by atoms with Crippen molar-refractivity contribution in [3.63, 3.8) is 0 Å². The van der Waals surface area contributed by atoms with Crippen molar-refractivity contribution < 1.29 is 19.4 Å². The van der Waals surface area contributed by atoms with Crippen LogP contribution in [0.5, 0.6) is 5.75 Å². The maximum absolute atomic E-state index is 11.8. The van der Waals surface area contributed by atoms with Crippen molar-refractivity contribution in [2.45, 2.75) is 58.3 Å². The minimum atomic E-state index is -0.600. The molecule has 6 nitrogen and oxygen atoms in total. The highest BCUT2D eigenvalue weighted by Gasteiger charge is 2.13. The van der Waals surface area contributed by atoms with Gasteiger partial charge >= 0.3 is 5.97 Å². The summed E-state index contributed by atoms with van der Waals surface area (Å²) in [6, 6.07) is 2.88. The smallest absolute Gasteiger partial charge is 0.325 e. The molecule has 0 spiro atoms. The normalized spacial score (nSPS) is 10.4. The van der Waals surface area contributed by atoms with E-state index in [1.54, 1.807) is 0 Å². The fourth-order valence-electron chi connectivity index (χ4n) is 2.28. The van der Waals surface area contributed by atoms with E-state index in [-0.39, 0.29) is 18.0 Å². The molecule has 1 heterocycles. The summed E-state index contributed by atoms with van der Waals surface area (Å²) in [6.45, 7) is 2.35. The average molecular weight is 336 g/mol. The highest BCUT2D eigenvalue weighted by molar-refractivity contribution is 5.96. The Labute approximate surface area is 143 Å². The minimum absolute atomic E-state index is 0.103. The predicted molar refractivity (Wildman–Crippen MR) is 91.8 cm³/mol. The number of rotatable bonds is 12. The number of nitrogens with zero attached hydrogens (tertiary/aromatic N) is 1. The fraction of sp³-hybridized carbons (Fsp3) is 0.611. The zero-order valence-electron chi connectivity index (χ0n) is 14.4. The van der Waals surface area contributed by atoms with E-state index in [2.05, 4.69) is 17.2 Å². The Bertz CT molecular complexity index is 506. The number of hydrogen-bond donors (Lipinski definition) is 2. The Morgan fingerprint density at radius 1 is 1.12 bits per heavy atom. The van der Waals surface area contributed by atoms with Gasteiger partial charge in [-0.05, 0) is 18.6 Å². The van der Waals surface area contributed by atoms with Crippen LogP contribution in [-0.2, 0) is 9.53 Å². The first-order valence-electron chi connectivity index (χ1n) is 8.73. The molecular weight excluding hydrogens is 308 g/mol. The SMILES string of the molecule is CCCCCCCCCCOC(=O)CNC(=O)c1ncccc1O. The van der Waals surface area contributed by atoms with E-state index in [0.717, 1.165) is 19.3 Å². The van der Waals surface area contributed by atoms with Crippen LogP contribution in [0.2, 0.25) is 0 Å². The van der Waals surface area contributed by atoms with Gasteiger partial charge in [-0.15, -0.1) is 0 Å². The van der Waals surface area contributed by atoms with Gasteiger partial charge in [0, 0.05) is 6.20 Å². The van der Waals surface area contributed by atoms with Crippen molar-refractivity contribution >= 4 is 11.9 Å². The number of nitrogens with one attached hydrogen (secondary N) is 1. The van der Waals surface area contributed by atoms with Gasteiger partial charge in [0.1, 0.15) is 12.3 Å². The standard InChI is InChI=1S/C18H28N2O4/c1-2-3-4-5-6-7-8-9-13-24-16(22)14-20-18(23)17-15(21)11-10-12-19-17/h10-12,21H,2-9,13-14H2,1H3,(H,20,23). The number of pyridine rings is 1. The number of carbonyl (C=O) groups is 2. The number of carbonyl (C=O) groups excluding carboxylic acids is 2. The van der Waals surface area contributed by atoms with Crippen LogP contribution in [0.15, 0.2) is 18.3 Å². The lowest BCUT2D eigenvalue weighted by Crippen LogP contribution is -2.31. The summed E-state index contributed by atoms with van der Waals surface area (Å²) in [4.78, 5) is 27.1. The van der Waals surface area contributed by atoms with E-state index in [1.165, 1.54) is 50.4 Å². The molecule has 24 heavy (non-hydrogen) atoms. The highest BCUT2D eigenvalue weighted by atomic mass is 16.5. The van der Waals surface area contributed by atoms with E-state index in [4.69, 9.17) is 4.74 Å². The second kappa shape index (κ2) is 12.3. The molecule has 0 unspecified atom stereocenters. The van der Waals surface area contributed by atoms with Crippen LogP contribution in [0, 0.1) is 0 Å². The Hall–Kier alpha value is -2.11. The summed E-state index contributed by atoms with van der Waals surface area (Å²) in [7, 11) is 0. The van der Waals surface area contributed by atoms with E-state index in [9.17, 15) is 14.7 Å². The summed E-state index contributed by atoms with van der Waals surface area (Å²) in [5.74, 6) is -1.30. The first-order chi connectivity index (χ1) is 11.6. The second-order valence-corrected chi connectivity index (χ2v) is 5.75. The maximum Gasteiger partial charge on any atom is 0.325 e. The van der Waals surface area contributed by atoms with Crippen molar-refractivity contribution in [3.05, 3.63) is 24.0 Å². The minimum Gasteiger partial charge on any atom is -0.505 e. The monoisotopic (exact) mass is 336 g/mol. The summed E-state index contributed by atoms with van der Waals surface area (Å²) < 4.78 is 5.07. The number of aromatic hydroxyl groups is 1. The van der Waals surface area contributed by atoms with Gasteiger partial charge in [-0.25, -0.2) is 4.98 Å². The van der Waals surface area contributed by atoms with E-state index in [1.807, 2.05) is 0 Å². The van der Waals surface area contributed by atoms with Crippen molar-refractivity contribution in [1.82, 2.24) is 10.3 Å². The van der Waals surface area contributed by atoms with Crippen LogP contribution >= 0.6 is 0 Å². The molecule has 1 aromatic rings. The van der Waals surface area contributed by atoms with Crippen LogP contribution in [0.3, 0.4) is 0 Å². The molecule has 0 saturated carbocycles. The molecular formula is C18H28N2O4. The molecule has 134 valence electrons. The number of ether oxygens (including phenoxy) is 1. The lowest BCUT2D eigenvalue weighted by atomic mass is 10.1. The lowest BCUT2D eigenvalue weighted by Gasteiger charge is -2.07. The van der Waals surface area contributed by atoms with Gasteiger partial charge in [0.2, 0.25) is 0 Å². The van der Waals surface area contributed by atoms with Crippen LogP contribution in [0.1, 0.15) is 68.8 Å². The van der Waals surface area contributed by atoms with E-state index >= 15 is 0 Å². The molecule has 0 bridgehead atoms. The number of esters is 1. The summed E-state index contributed by atoms with van der Waals surface area (Å²) in [5.41, 5.74) is -0.103. The van der Waals surface area contributed by atoms with Gasteiger partial charge in [-0.2, -0.15) is 0 Å². The van der Waals surface area contributed by atoms with Crippen molar-refractivity contribution in [3.8, 4) is 5.75 Å². The number of unbranched alkanes of at least 4 members (excludes halogenated alkanes) is 7. The Kier molecular flexibility index (Phi) is 10.2. The van der Waals surface area contributed by atoms with Crippen LogP contribution in [0.4, 0.5) is 0 Å². The summed E-state index contributed by atoms with van der Waals surface area (Å²) in [5, 5.41) is 11.9. The summed E-state index contributed by atoms with van der Waals surface area (Å²) in [6.07, 6.45) is 10.8. The third-order valence-corrected chi connectivity index (χ3v) is 3.66. The van der Waals surface area contributed by atoms with Crippen molar-refractivity contribution in [2.24, 2.45) is 0 Å². The number of aromatic nitrogens is 1. The molecule has 2 N–H and O–H groups in total. The van der Waals surface area contributed by atoms with Gasteiger partial charge in [-0.1, -0.05) is 51.9 Å². The molecule has 0 aromatic carbocycles. The van der Waals surface area contributed by atoms with Gasteiger partial charge in [-0.3, -0.25) is 9.59 Å². The van der Waals surface area contributed by atoms with Gasteiger partial charge in [0.15, 0.2) is 5.69 Å². The topological polar surface area (TPSA) is 88.5 Å². The average Bonchev–Trinajstić information content (AvgIpc) is 2.58. The molecule has 6 heteroatoms. The van der Waals surface area contributed by atoms with E-state index < -0.39 is 11.9 Å². The van der Waals surface area contributed by atoms with Gasteiger partial charge < -0.3 is 15.2 Å². The van der Waals surface area contributed by atoms with Crippen molar-refractivity contribution in [2.75, 3.05) is 13.2 Å². The maximum atomic E-state index is 11.8. The Balaban J connectivity index is 2.04. The Morgan fingerprint density at radius 2 is 1.79 bits per heavy atom. The molecule has 1 rings (SSSR count). The first kappa shape index (κ1) is 19.9. The van der Waals surface area contributed by atoms with Crippen LogP contribution < -0.4 is 5.32 Å². The third-order valence-electron chi connectivity index (χ3n) is 3.66. The third kappa shape index (κ3) is 8.50. The highest BCUT2D eigenvalue weighted by Crippen LogP contribution is 2.11. The Morgan fingerprint density at radius 3 is 2.46 bits per heavy atom. The largest absolute Gasteiger partial charge is 0.505 e. The van der Waals surface area contributed by atoms with E-state index in [0.29, 0.717) is 6.61 Å². The quantitative estimate of drug-likeness (QED) is 0.452.